The molecule has 1 unspecified atom stereocenters. The van der Waals surface area contributed by atoms with Crippen LogP contribution < -0.4 is 5.73 Å². The van der Waals surface area contributed by atoms with Crippen molar-refractivity contribution in [3.8, 4) is 0 Å². The second-order valence-corrected chi connectivity index (χ2v) is 4.33. The first kappa shape index (κ1) is 12.3. The molecule has 6 nitrogen and oxygen atoms in total. The fourth-order valence-corrected chi connectivity index (χ4v) is 2.25. The van der Waals surface area contributed by atoms with Crippen LogP contribution in [-0.4, -0.2) is 39.5 Å². The highest BCUT2D eigenvalue weighted by atomic mass is 16.4. The molecule has 2 rings (SSSR count). The lowest BCUT2D eigenvalue weighted by atomic mass is 10.1. The van der Waals surface area contributed by atoms with Crippen LogP contribution in [0, 0.1) is 0 Å². The lowest BCUT2D eigenvalue weighted by Gasteiger charge is -2.23. The average molecular weight is 249 g/mol. The number of nitrogens with zero attached hydrogens (tertiary/aromatic N) is 2. The number of hydrogen-bond acceptors (Lipinski definition) is 4. The van der Waals surface area contributed by atoms with Gasteiger partial charge in [-0.25, -0.2) is 4.98 Å². The lowest BCUT2D eigenvalue weighted by Crippen LogP contribution is -2.37. The monoisotopic (exact) mass is 249 g/mol. The van der Waals surface area contributed by atoms with Gasteiger partial charge in [-0.3, -0.25) is 9.59 Å². The van der Waals surface area contributed by atoms with E-state index in [0.717, 1.165) is 6.42 Å². The third-order valence-electron chi connectivity index (χ3n) is 3.09. The largest absolute Gasteiger partial charge is 0.481 e. The number of rotatable bonds is 3. The number of likely N-dealkylation sites (tertiary alicyclic amines) is 1. The summed E-state index contributed by atoms with van der Waals surface area (Å²) in [4.78, 5) is 28.5. The minimum atomic E-state index is -0.895. The third-order valence-corrected chi connectivity index (χ3v) is 3.09. The van der Waals surface area contributed by atoms with Crippen LogP contribution in [0.4, 0.5) is 5.69 Å². The molecular formula is C12H15N3O3. The molecule has 0 aliphatic carbocycles. The van der Waals surface area contributed by atoms with Gasteiger partial charge < -0.3 is 15.7 Å². The highest BCUT2D eigenvalue weighted by molar-refractivity contribution is 5.97. The number of anilines is 1. The van der Waals surface area contributed by atoms with E-state index in [-0.39, 0.29) is 24.1 Å². The Morgan fingerprint density at radius 1 is 1.56 bits per heavy atom. The van der Waals surface area contributed by atoms with Crippen LogP contribution >= 0.6 is 0 Å². The van der Waals surface area contributed by atoms with Crippen molar-refractivity contribution in [2.45, 2.75) is 25.3 Å². The number of carbonyl (C=O) groups is 2. The predicted molar refractivity (Wildman–Crippen MR) is 65.0 cm³/mol. The zero-order valence-electron chi connectivity index (χ0n) is 9.87. The Morgan fingerprint density at radius 3 is 3.00 bits per heavy atom. The highest BCUT2D eigenvalue weighted by Crippen LogP contribution is 2.23. The number of amides is 1. The standard InChI is InChI=1S/C12H15N3O3/c13-9-4-1-5-14-11(9)12(18)15-6-2-3-8(15)7-10(16)17/h1,4-5,8H,2-3,6-7,13H2,(H,16,17). The Kier molecular flexibility index (Phi) is 3.45. The van der Waals surface area contributed by atoms with Crippen molar-refractivity contribution < 1.29 is 14.7 Å². The van der Waals surface area contributed by atoms with E-state index in [2.05, 4.69) is 4.98 Å². The fraction of sp³-hybridized carbons (Fsp3) is 0.417. The van der Waals surface area contributed by atoms with Gasteiger partial charge in [0, 0.05) is 18.8 Å². The molecule has 1 aliphatic heterocycles. The minimum absolute atomic E-state index is 0.0293. The highest BCUT2D eigenvalue weighted by Gasteiger charge is 2.32. The maximum absolute atomic E-state index is 12.3. The van der Waals surface area contributed by atoms with Gasteiger partial charge in [-0.15, -0.1) is 0 Å². The van der Waals surface area contributed by atoms with Crippen molar-refractivity contribution >= 4 is 17.6 Å². The van der Waals surface area contributed by atoms with E-state index in [1.54, 1.807) is 17.0 Å². The van der Waals surface area contributed by atoms with Gasteiger partial charge in [-0.2, -0.15) is 0 Å². The SMILES string of the molecule is Nc1cccnc1C(=O)N1CCCC1CC(=O)O. The van der Waals surface area contributed by atoms with Gasteiger partial charge in [0.05, 0.1) is 12.1 Å². The van der Waals surface area contributed by atoms with Crippen LogP contribution in [0.25, 0.3) is 0 Å². The van der Waals surface area contributed by atoms with E-state index in [4.69, 9.17) is 10.8 Å². The smallest absolute Gasteiger partial charge is 0.305 e. The van der Waals surface area contributed by atoms with Crippen molar-refractivity contribution in [2.24, 2.45) is 0 Å². The quantitative estimate of drug-likeness (QED) is 0.823. The summed E-state index contributed by atoms with van der Waals surface area (Å²) in [5.41, 5.74) is 6.24. The maximum atomic E-state index is 12.3. The van der Waals surface area contributed by atoms with Gasteiger partial charge >= 0.3 is 5.97 Å². The lowest BCUT2D eigenvalue weighted by molar-refractivity contribution is -0.137. The van der Waals surface area contributed by atoms with Gasteiger partial charge in [0.25, 0.3) is 5.91 Å². The van der Waals surface area contributed by atoms with Crippen molar-refractivity contribution in [3.05, 3.63) is 24.0 Å². The molecule has 1 aromatic heterocycles. The maximum Gasteiger partial charge on any atom is 0.305 e. The summed E-state index contributed by atoms with van der Waals surface area (Å²) in [6.07, 6.45) is 3.01. The zero-order valence-corrected chi connectivity index (χ0v) is 9.87. The summed E-state index contributed by atoms with van der Waals surface area (Å²) in [5.74, 6) is -1.18. The third kappa shape index (κ3) is 2.42. The van der Waals surface area contributed by atoms with Gasteiger partial charge in [0.1, 0.15) is 0 Å². The van der Waals surface area contributed by atoms with E-state index in [1.165, 1.54) is 6.20 Å². The molecule has 1 aliphatic rings. The first-order valence-corrected chi connectivity index (χ1v) is 5.83. The number of nitrogen functional groups attached to an aromatic ring is 1. The second-order valence-electron chi connectivity index (χ2n) is 4.33. The van der Waals surface area contributed by atoms with Crippen LogP contribution in [0.5, 0.6) is 0 Å². The molecule has 0 spiro atoms. The first-order valence-electron chi connectivity index (χ1n) is 5.83. The number of aromatic nitrogens is 1. The summed E-state index contributed by atoms with van der Waals surface area (Å²) in [5, 5.41) is 8.82. The Balaban J connectivity index is 2.18. The molecule has 96 valence electrons. The molecule has 0 aromatic carbocycles. The zero-order chi connectivity index (χ0) is 13.1. The van der Waals surface area contributed by atoms with Gasteiger partial charge in [0.15, 0.2) is 5.69 Å². The molecule has 1 amide bonds. The summed E-state index contributed by atoms with van der Waals surface area (Å²) in [7, 11) is 0. The molecule has 3 N–H and O–H groups in total. The Hall–Kier alpha value is -2.11. The normalized spacial score (nSPS) is 18.9. The van der Waals surface area contributed by atoms with Crippen LogP contribution in [0.15, 0.2) is 18.3 Å². The molecule has 1 atom stereocenters. The van der Waals surface area contributed by atoms with E-state index in [9.17, 15) is 9.59 Å². The second kappa shape index (κ2) is 5.03. The van der Waals surface area contributed by atoms with Gasteiger partial charge in [-0.05, 0) is 25.0 Å². The van der Waals surface area contributed by atoms with Crippen LogP contribution in [0.3, 0.4) is 0 Å². The van der Waals surface area contributed by atoms with Crippen LogP contribution in [0.2, 0.25) is 0 Å². The molecule has 1 fully saturated rings. The number of hydrogen-bond donors (Lipinski definition) is 2. The number of aliphatic carboxylic acids is 1. The number of carboxylic acid groups (broad SMARTS) is 1. The van der Waals surface area contributed by atoms with E-state index in [0.29, 0.717) is 18.7 Å². The van der Waals surface area contributed by atoms with Crippen molar-refractivity contribution in [3.63, 3.8) is 0 Å². The Bertz CT molecular complexity index is 475. The molecule has 1 saturated heterocycles. The number of nitrogens with two attached hydrogens (primary N) is 1. The van der Waals surface area contributed by atoms with Crippen molar-refractivity contribution in [1.29, 1.82) is 0 Å². The summed E-state index contributed by atoms with van der Waals surface area (Å²) >= 11 is 0. The molecule has 2 heterocycles. The molecule has 0 bridgehead atoms. The average Bonchev–Trinajstić information content (AvgIpc) is 2.76. The summed E-state index contributed by atoms with van der Waals surface area (Å²) < 4.78 is 0. The number of carboxylic acids is 1. The molecule has 6 heteroatoms. The van der Waals surface area contributed by atoms with E-state index >= 15 is 0 Å². The first-order chi connectivity index (χ1) is 8.59. The fourth-order valence-electron chi connectivity index (χ4n) is 2.25. The van der Waals surface area contributed by atoms with Gasteiger partial charge in [0.2, 0.25) is 0 Å². The predicted octanol–water partition coefficient (Wildman–Crippen LogP) is 0.743. The van der Waals surface area contributed by atoms with E-state index in [1.807, 2.05) is 0 Å². The topological polar surface area (TPSA) is 96.5 Å². The summed E-state index contributed by atoms with van der Waals surface area (Å²) in [6, 6.07) is 3.02. The van der Waals surface area contributed by atoms with Gasteiger partial charge in [-0.1, -0.05) is 0 Å². The van der Waals surface area contributed by atoms with Crippen molar-refractivity contribution in [1.82, 2.24) is 9.88 Å². The molecular weight excluding hydrogens is 234 g/mol. The minimum Gasteiger partial charge on any atom is -0.481 e. The molecule has 0 radical (unpaired) electrons. The summed E-state index contributed by atoms with van der Waals surface area (Å²) in [6.45, 7) is 0.562. The Labute approximate surface area is 104 Å². The molecule has 1 aromatic rings. The Morgan fingerprint density at radius 2 is 2.33 bits per heavy atom. The number of pyridine rings is 1. The molecule has 18 heavy (non-hydrogen) atoms. The number of carbonyl (C=O) groups excluding carboxylic acids is 1. The van der Waals surface area contributed by atoms with E-state index < -0.39 is 5.97 Å². The van der Waals surface area contributed by atoms with Crippen molar-refractivity contribution in [2.75, 3.05) is 12.3 Å². The molecule has 0 saturated carbocycles. The van der Waals surface area contributed by atoms with Crippen LogP contribution in [-0.2, 0) is 4.79 Å². The van der Waals surface area contributed by atoms with Crippen LogP contribution in [0.1, 0.15) is 29.8 Å².